The molecule has 0 bridgehead atoms. The third kappa shape index (κ3) is 5.02. The molecular formula is C14H25NOSi. The van der Waals surface area contributed by atoms with Crippen molar-refractivity contribution in [2.24, 2.45) is 0 Å². The SMILES string of the molecule is COCN(C[Si](C)(C)C)[C@H](C)c1ccccc1. The number of hydrogen-bond donors (Lipinski definition) is 0. The summed E-state index contributed by atoms with van der Waals surface area (Å²) >= 11 is 0. The maximum Gasteiger partial charge on any atom is 0.0988 e. The second-order valence-electron chi connectivity index (χ2n) is 5.81. The Labute approximate surface area is 107 Å². The summed E-state index contributed by atoms with van der Waals surface area (Å²) in [6, 6.07) is 11.1. The highest BCUT2D eigenvalue weighted by Gasteiger charge is 2.22. The summed E-state index contributed by atoms with van der Waals surface area (Å²) in [4.78, 5) is 2.43. The average Bonchev–Trinajstić information content (AvgIpc) is 2.27. The van der Waals surface area contributed by atoms with E-state index in [1.54, 1.807) is 7.11 Å². The Bertz CT molecular complexity index is 321. The smallest absolute Gasteiger partial charge is 0.0988 e. The number of hydrogen-bond acceptors (Lipinski definition) is 2. The lowest BCUT2D eigenvalue weighted by atomic mass is 10.1. The lowest BCUT2D eigenvalue weighted by Gasteiger charge is -2.33. The molecule has 1 atom stereocenters. The van der Waals surface area contributed by atoms with Crippen LogP contribution in [0.4, 0.5) is 0 Å². The van der Waals surface area contributed by atoms with Crippen LogP contribution < -0.4 is 0 Å². The van der Waals surface area contributed by atoms with Gasteiger partial charge in [0.05, 0.1) is 14.8 Å². The quantitative estimate of drug-likeness (QED) is 0.566. The van der Waals surface area contributed by atoms with Crippen molar-refractivity contribution < 1.29 is 4.74 Å². The van der Waals surface area contributed by atoms with E-state index in [0.29, 0.717) is 12.8 Å². The zero-order valence-corrected chi connectivity index (χ0v) is 12.7. The van der Waals surface area contributed by atoms with Crippen molar-refractivity contribution in [2.75, 3.05) is 20.0 Å². The molecule has 0 aliphatic heterocycles. The molecule has 0 saturated heterocycles. The van der Waals surface area contributed by atoms with E-state index >= 15 is 0 Å². The van der Waals surface area contributed by atoms with E-state index in [4.69, 9.17) is 4.74 Å². The van der Waals surface area contributed by atoms with Crippen LogP contribution in [0.5, 0.6) is 0 Å². The van der Waals surface area contributed by atoms with Gasteiger partial charge < -0.3 is 4.74 Å². The lowest BCUT2D eigenvalue weighted by molar-refractivity contribution is 0.0497. The van der Waals surface area contributed by atoms with Crippen LogP contribution in [-0.4, -0.2) is 33.0 Å². The summed E-state index contributed by atoms with van der Waals surface area (Å²) in [5.41, 5.74) is 1.36. The number of nitrogens with zero attached hydrogens (tertiary/aromatic N) is 1. The van der Waals surface area contributed by atoms with Gasteiger partial charge in [-0.05, 0) is 18.7 Å². The molecule has 0 amide bonds. The maximum atomic E-state index is 5.34. The lowest BCUT2D eigenvalue weighted by Crippen LogP contribution is -2.42. The second kappa shape index (κ2) is 6.33. The van der Waals surface area contributed by atoms with Gasteiger partial charge in [0.1, 0.15) is 0 Å². The van der Waals surface area contributed by atoms with E-state index in [-0.39, 0.29) is 0 Å². The highest BCUT2D eigenvalue weighted by Crippen LogP contribution is 2.21. The first-order chi connectivity index (χ1) is 7.94. The van der Waals surface area contributed by atoms with Crippen molar-refractivity contribution in [3.05, 3.63) is 35.9 Å². The Morgan fingerprint density at radius 3 is 2.24 bits per heavy atom. The average molecular weight is 251 g/mol. The Hall–Kier alpha value is -0.643. The minimum absolute atomic E-state index is 0.419. The van der Waals surface area contributed by atoms with Crippen molar-refractivity contribution in [1.82, 2.24) is 4.90 Å². The Morgan fingerprint density at radius 2 is 1.76 bits per heavy atom. The fraction of sp³-hybridized carbons (Fsp3) is 0.571. The molecule has 0 radical (unpaired) electrons. The second-order valence-corrected chi connectivity index (χ2v) is 11.2. The van der Waals surface area contributed by atoms with E-state index in [9.17, 15) is 0 Å². The number of rotatable bonds is 6. The molecule has 0 heterocycles. The molecule has 96 valence electrons. The van der Waals surface area contributed by atoms with Crippen LogP contribution >= 0.6 is 0 Å². The predicted molar refractivity (Wildman–Crippen MR) is 76.8 cm³/mol. The van der Waals surface area contributed by atoms with E-state index in [2.05, 4.69) is 61.8 Å². The summed E-state index contributed by atoms with van der Waals surface area (Å²) in [7, 11) is 0.665. The van der Waals surface area contributed by atoms with E-state index < -0.39 is 8.07 Å². The summed E-state index contributed by atoms with van der Waals surface area (Å²) < 4.78 is 5.34. The highest BCUT2D eigenvalue weighted by molar-refractivity contribution is 6.76. The molecule has 0 aromatic heterocycles. The van der Waals surface area contributed by atoms with Gasteiger partial charge >= 0.3 is 0 Å². The van der Waals surface area contributed by atoms with E-state index in [1.165, 1.54) is 5.56 Å². The van der Waals surface area contributed by atoms with Gasteiger partial charge in [0.15, 0.2) is 0 Å². The van der Waals surface area contributed by atoms with Gasteiger partial charge in [-0.3, -0.25) is 4.90 Å². The van der Waals surface area contributed by atoms with Gasteiger partial charge in [-0.25, -0.2) is 0 Å². The zero-order chi connectivity index (χ0) is 12.9. The zero-order valence-electron chi connectivity index (χ0n) is 11.7. The predicted octanol–water partition coefficient (Wildman–Crippen LogP) is 3.53. The van der Waals surface area contributed by atoms with Crippen LogP contribution in [0.25, 0.3) is 0 Å². The first-order valence-electron chi connectivity index (χ1n) is 6.22. The van der Waals surface area contributed by atoms with Crippen LogP contribution in [0, 0.1) is 0 Å². The minimum atomic E-state index is -1.11. The Kier molecular flexibility index (Phi) is 5.37. The van der Waals surface area contributed by atoms with Crippen molar-refractivity contribution in [1.29, 1.82) is 0 Å². The van der Waals surface area contributed by atoms with Gasteiger partial charge in [0, 0.05) is 13.2 Å². The summed E-state index contributed by atoms with van der Waals surface area (Å²) in [5, 5.41) is 0. The molecule has 1 aromatic rings. The van der Waals surface area contributed by atoms with Gasteiger partial charge in [-0.15, -0.1) is 0 Å². The molecule has 0 aliphatic carbocycles. The van der Waals surface area contributed by atoms with Crippen molar-refractivity contribution in [3.8, 4) is 0 Å². The molecule has 0 unspecified atom stereocenters. The van der Waals surface area contributed by atoms with Crippen LogP contribution in [-0.2, 0) is 4.74 Å². The van der Waals surface area contributed by atoms with Crippen LogP contribution in [0.1, 0.15) is 18.5 Å². The van der Waals surface area contributed by atoms with Gasteiger partial charge in [0.25, 0.3) is 0 Å². The highest BCUT2D eigenvalue weighted by atomic mass is 28.3. The molecule has 2 nitrogen and oxygen atoms in total. The molecule has 0 N–H and O–H groups in total. The topological polar surface area (TPSA) is 12.5 Å². The molecule has 1 aromatic carbocycles. The fourth-order valence-corrected chi connectivity index (χ4v) is 3.60. The van der Waals surface area contributed by atoms with Crippen LogP contribution in [0.2, 0.25) is 19.6 Å². The maximum absolute atomic E-state index is 5.34. The van der Waals surface area contributed by atoms with Crippen molar-refractivity contribution in [3.63, 3.8) is 0 Å². The largest absolute Gasteiger partial charge is 0.369 e. The standard InChI is InChI=1S/C14H25NOSi/c1-13(14-9-7-6-8-10-14)15(11-16-2)12-17(3,4)5/h6-10,13H,11-12H2,1-5H3/t13-/m1/s1. The Morgan fingerprint density at radius 1 is 1.18 bits per heavy atom. The normalized spacial score (nSPS) is 14.0. The van der Waals surface area contributed by atoms with E-state index in [1.807, 2.05) is 0 Å². The summed E-state index contributed by atoms with van der Waals surface area (Å²) in [6.07, 6.45) is 1.16. The van der Waals surface area contributed by atoms with Gasteiger partial charge in [0.2, 0.25) is 0 Å². The first-order valence-corrected chi connectivity index (χ1v) is 9.92. The molecule has 0 aliphatic rings. The number of ether oxygens (including phenoxy) is 1. The number of benzene rings is 1. The van der Waals surface area contributed by atoms with Gasteiger partial charge in [-0.1, -0.05) is 50.0 Å². The van der Waals surface area contributed by atoms with Gasteiger partial charge in [-0.2, -0.15) is 0 Å². The van der Waals surface area contributed by atoms with Crippen LogP contribution in [0.15, 0.2) is 30.3 Å². The van der Waals surface area contributed by atoms with Crippen molar-refractivity contribution in [2.45, 2.75) is 32.6 Å². The monoisotopic (exact) mass is 251 g/mol. The minimum Gasteiger partial charge on any atom is -0.369 e. The molecular weight excluding hydrogens is 226 g/mol. The molecule has 3 heteroatoms. The van der Waals surface area contributed by atoms with Crippen LogP contribution in [0.3, 0.4) is 0 Å². The van der Waals surface area contributed by atoms with Crippen molar-refractivity contribution >= 4 is 8.07 Å². The number of methoxy groups -OCH3 is 1. The Balaban J connectivity index is 2.77. The first kappa shape index (κ1) is 14.4. The molecule has 1 rings (SSSR count). The molecule has 0 saturated carbocycles. The third-order valence-corrected chi connectivity index (χ3v) is 4.16. The molecule has 0 fully saturated rings. The fourth-order valence-electron chi connectivity index (χ4n) is 2.01. The molecule has 0 spiro atoms. The summed E-state index contributed by atoms with van der Waals surface area (Å²) in [5.74, 6) is 0. The van der Waals surface area contributed by atoms with E-state index in [0.717, 1.165) is 6.17 Å². The summed E-state index contributed by atoms with van der Waals surface area (Å²) in [6.45, 7) is 10.2. The molecule has 17 heavy (non-hydrogen) atoms. The third-order valence-electron chi connectivity index (χ3n) is 2.80.